The summed E-state index contributed by atoms with van der Waals surface area (Å²) in [4.78, 5) is 7.31. The minimum Gasteiger partial charge on any atom is -0.374 e. The molecule has 2 aliphatic rings. The van der Waals surface area contributed by atoms with Gasteiger partial charge in [-0.3, -0.25) is 9.88 Å². The highest BCUT2D eigenvalue weighted by molar-refractivity contribution is 5.78. The molecule has 3 atom stereocenters. The molecule has 1 saturated heterocycles. The van der Waals surface area contributed by atoms with Crippen molar-refractivity contribution in [1.29, 1.82) is 0 Å². The summed E-state index contributed by atoms with van der Waals surface area (Å²) < 4.78 is 12.1. The van der Waals surface area contributed by atoms with Gasteiger partial charge in [0.1, 0.15) is 0 Å². The Balaban J connectivity index is 1.54. The molecule has 2 heterocycles. The van der Waals surface area contributed by atoms with Crippen LogP contribution in [0, 0.1) is 0 Å². The molecular weight excluding hydrogens is 300 g/mol. The molecule has 1 aromatic heterocycles. The highest BCUT2D eigenvalue weighted by Gasteiger charge is 2.42. The predicted octanol–water partition coefficient (Wildman–Crippen LogP) is 3.17. The molecule has 2 aromatic rings. The van der Waals surface area contributed by atoms with Crippen LogP contribution in [-0.2, 0) is 16.0 Å². The van der Waals surface area contributed by atoms with Crippen molar-refractivity contribution in [3.05, 3.63) is 54.7 Å². The molecule has 1 saturated carbocycles. The summed E-state index contributed by atoms with van der Waals surface area (Å²) in [6.45, 7) is 6.90. The molecule has 1 aromatic carbocycles. The van der Waals surface area contributed by atoms with Crippen LogP contribution in [0.1, 0.15) is 18.5 Å². The van der Waals surface area contributed by atoms with Crippen molar-refractivity contribution in [2.75, 3.05) is 19.8 Å². The molecule has 4 heteroatoms. The van der Waals surface area contributed by atoms with Crippen molar-refractivity contribution in [2.24, 2.45) is 0 Å². The van der Waals surface area contributed by atoms with Crippen molar-refractivity contribution in [2.45, 2.75) is 37.6 Å². The molecule has 0 amide bonds. The van der Waals surface area contributed by atoms with Crippen LogP contribution in [0.5, 0.6) is 0 Å². The SMILES string of the molecule is C=CCO[C@H]1[C@H]2CC[C@H]1OCCN2Cc1ccc2ccccc2n1. The zero-order chi connectivity index (χ0) is 16.4. The molecule has 2 fully saturated rings. The summed E-state index contributed by atoms with van der Waals surface area (Å²) in [5.41, 5.74) is 2.17. The van der Waals surface area contributed by atoms with E-state index in [1.165, 1.54) is 5.39 Å². The van der Waals surface area contributed by atoms with Crippen molar-refractivity contribution in [3.8, 4) is 0 Å². The molecule has 24 heavy (non-hydrogen) atoms. The third kappa shape index (κ3) is 3.09. The summed E-state index contributed by atoms with van der Waals surface area (Å²) >= 11 is 0. The molecule has 4 rings (SSSR count). The normalized spacial score (nSPS) is 27.2. The number of nitrogens with zero attached hydrogens (tertiary/aromatic N) is 2. The smallest absolute Gasteiger partial charge is 0.0995 e. The summed E-state index contributed by atoms with van der Waals surface area (Å²) in [5.74, 6) is 0. The highest BCUT2D eigenvalue weighted by atomic mass is 16.5. The number of para-hydroxylation sites is 1. The monoisotopic (exact) mass is 324 g/mol. The Hall–Kier alpha value is -1.75. The fraction of sp³-hybridized carbons (Fsp3) is 0.450. The third-order valence-electron chi connectivity index (χ3n) is 5.10. The highest BCUT2D eigenvalue weighted by Crippen LogP contribution is 2.32. The van der Waals surface area contributed by atoms with Gasteiger partial charge in [-0.1, -0.05) is 30.3 Å². The molecule has 0 unspecified atom stereocenters. The van der Waals surface area contributed by atoms with Crippen LogP contribution in [0.2, 0.25) is 0 Å². The minimum atomic E-state index is 0.144. The van der Waals surface area contributed by atoms with Crippen molar-refractivity contribution in [3.63, 3.8) is 0 Å². The fourth-order valence-electron chi connectivity index (χ4n) is 3.97. The van der Waals surface area contributed by atoms with E-state index in [0.29, 0.717) is 12.6 Å². The van der Waals surface area contributed by atoms with Gasteiger partial charge in [0.25, 0.3) is 0 Å². The van der Waals surface area contributed by atoms with E-state index in [1.807, 2.05) is 12.1 Å². The molecule has 0 radical (unpaired) electrons. The largest absolute Gasteiger partial charge is 0.374 e. The van der Waals surface area contributed by atoms with Gasteiger partial charge in [0.15, 0.2) is 0 Å². The van der Waals surface area contributed by atoms with Crippen LogP contribution in [0.25, 0.3) is 10.9 Å². The Morgan fingerprint density at radius 2 is 2.17 bits per heavy atom. The molecule has 0 spiro atoms. The molecular formula is C20H24N2O2. The second kappa shape index (κ2) is 7.01. The Bertz CT molecular complexity index is 718. The molecule has 4 nitrogen and oxygen atoms in total. The van der Waals surface area contributed by atoms with Gasteiger partial charge in [-0.15, -0.1) is 6.58 Å². The van der Waals surface area contributed by atoms with Crippen LogP contribution in [-0.4, -0.2) is 47.9 Å². The topological polar surface area (TPSA) is 34.6 Å². The zero-order valence-electron chi connectivity index (χ0n) is 13.9. The maximum Gasteiger partial charge on any atom is 0.0995 e. The molecule has 126 valence electrons. The van der Waals surface area contributed by atoms with Gasteiger partial charge in [-0.05, 0) is 25.0 Å². The van der Waals surface area contributed by atoms with Gasteiger partial charge in [-0.2, -0.15) is 0 Å². The summed E-state index contributed by atoms with van der Waals surface area (Å²) in [6, 6.07) is 13.0. The van der Waals surface area contributed by atoms with E-state index in [1.54, 1.807) is 0 Å². The minimum absolute atomic E-state index is 0.144. The Morgan fingerprint density at radius 1 is 1.25 bits per heavy atom. The first-order valence-electron chi connectivity index (χ1n) is 8.78. The predicted molar refractivity (Wildman–Crippen MR) is 94.9 cm³/mol. The zero-order valence-corrected chi connectivity index (χ0v) is 13.9. The first-order valence-corrected chi connectivity index (χ1v) is 8.78. The van der Waals surface area contributed by atoms with E-state index in [2.05, 4.69) is 41.8 Å². The van der Waals surface area contributed by atoms with E-state index in [-0.39, 0.29) is 12.2 Å². The number of fused-ring (bicyclic) bond motifs is 3. The lowest BCUT2D eigenvalue weighted by atomic mass is 10.1. The number of ether oxygens (including phenoxy) is 2. The average molecular weight is 324 g/mol. The van der Waals surface area contributed by atoms with E-state index in [4.69, 9.17) is 14.5 Å². The fourth-order valence-corrected chi connectivity index (χ4v) is 3.97. The van der Waals surface area contributed by atoms with Gasteiger partial charge in [0.05, 0.1) is 36.6 Å². The van der Waals surface area contributed by atoms with E-state index in [0.717, 1.165) is 43.7 Å². The number of hydrogen-bond acceptors (Lipinski definition) is 4. The second-order valence-corrected chi connectivity index (χ2v) is 6.61. The summed E-state index contributed by atoms with van der Waals surface area (Å²) in [5, 5.41) is 1.19. The second-order valence-electron chi connectivity index (χ2n) is 6.61. The van der Waals surface area contributed by atoms with E-state index in [9.17, 15) is 0 Å². The third-order valence-corrected chi connectivity index (χ3v) is 5.10. The number of hydrogen-bond donors (Lipinski definition) is 0. The average Bonchev–Trinajstić information content (AvgIpc) is 2.92. The maximum atomic E-state index is 6.03. The van der Waals surface area contributed by atoms with Crippen molar-refractivity contribution >= 4 is 10.9 Å². The lowest BCUT2D eigenvalue weighted by Gasteiger charge is -2.30. The summed E-state index contributed by atoms with van der Waals surface area (Å²) in [6.07, 6.45) is 4.39. The molecule has 0 N–H and O–H groups in total. The van der Waals surface area contributed by atoms with Gasteiger partial charge < -0.3 is 9.47 Å². The number of rotatable bonds is 5. The molecule has 1 aliphatic carbocycles. The maximum absolute atomic E-state index is 6.03. The Kier molecular flexibility index (Phi) is 4.60. The number of benzene rings is 1. The molecule has 2 bridgehead atoms. The number of aromatic nitrogens is 1. The van der Waals surface area contributed by atoms with Gasteiger partial charge in [-0.25, -0.2) is 0 Å². The lowest BCUT2D eigenvalue weighted by Crippen LogP contribution is -2.43. The Morgan fingerprint density at radius 3 is 3.08 bits per heavy atom. The van der Waals surface area contributed by atoms with Crippen LogP contribution in [0.15, 0.2) is 49.1 Å². The van der Waals surface area contributed by atoms with E-state index >= 15 is 0 Å². The van der Waals surface area contributed by atoms with Crippen LogP contribution >= 0.6 is 0 Å². The Labute approximate surface area is 143 Å². The van der Waals surface area contributed by atoms with Crippen LogP contribution in [0.4, 0.5) is 0 Å². The van der Waals surface area contributed by atoms with Gasteiger partial charge >= 0.3 is 0 Å². The summed E-state index contributed by atoms with van der Waals surface area (Å²) in [7, 11) is 0. The first-order chi connectivity index (χ1) is 11.8. The van der Waals surface area contributed by atoms with Crippen LogP contribution < -0.4 is 0 Å². The first kappa shape index (κ1) is 15.8. The lowest BCUT2D eigenvalue weighted by molar-refractivity contribution is -0.0447. The van der Waals surface area contributed by atoms with Crippen LogP contribution in [0.3, 0.4) is 0 Å². The molecule has 1 aliphatic heterocycles. The van der Waals surface area contributed by atoms with Gasteiger partial charge in [0.2, 0.25) is 0 Å². The quantitative estimate of drug-likeness (QED) is 0.791. The van der Waals surface area contributed by atoms with Crippen molar-refractivity contribution < 1.29 is 9.47 Å². The standard InChI is InChI=1S/C20H24N2O2/c1-2-12-24-20-18-9-10-19(20)23-13-11-22(18)14-16-8-7-15-5-3-4-6-17(15)21-16/h2-8,18-20H,1,9-14H2/t18-,19-,20+/m1/s1. The number of pyridine rings is 1. The van der Waals surface area contributed by atoms with Gasteiger partial charge in [0, 0.05) is 24.5 Å². The van der Waals surface area contributed by atoms with E-state index < -0.39 is 0 Å². The van der Waals surface area contributed by atoms with Crippen molar-refractivity contribution in [1.82, 2.24) is 9.88 Å².